The van der Waals surface area contributed by atoms with E-state index in [4.69, 9.17) is 10.5 Å². The number of ether oxygens (including phenoxy) is 2. The predicted molar refractivity (Wildman–Crippen MR) is 86.9 cm³/mol. The Bertz CT molecular complexity index is 611. The van der Waals surface area contributed by atoms with Crippen LogP contribution < -0.4 is 11.1 Å². The third kappa shape index (κ3) is 6.69. The summed E-state index contributed by atoms with van der Waals surface area (Å²) >= 11 is 0. The maximum Gasteiger partial charge on any atom is 0.422 e. The Morgan fingerprint density at radius 3 is 2.39 bits per heavy atom. The van der Waals surface area contributed by atoms with Crippen LogP contribution in [-0.2, 0) is 14.3 Å². The van der Waals surface area contributed by atoms with Crippen LogP contribution in [0.2, 0.25) is 0 Å². The van der Waals surface area contributed by atoms with Gasteiger partial charge < -0.3 is 20.5 Å². The zero-order valence-corrected chi connectivity index (χ0v) is 14.9. The second-order valence-corrected chi connectivity index (χ2v) is 6.90. The highest BCUT2D eigenvalue weighted by molar-refractivity contribution is 5.81. The van der Waals surface area contributed by atoms with Crippen LogP contribution >= 0.6 is 0 Å². The van der Waals surface area contributed by atoms with Crippen molar-refractivity contribution in [3.8, 4) is 0 Å². The first-order valence-corrected chi connectivity index (χ1v) is 8.74. The molecule has 2 aliphatic rings. The maximum atomic E-state index is 12.8. The molecule has 3 atom stereocenters. The van der Waals surface area contributed by atoms with Crippen molar-refractivity contribution < 1.29 is 40.6 Å². The molecule has 3 N–H and O–H groups in total. The molecule has 0 aromatic carbocycles. The van der Waals surface area contributed by atoms with E-state index >= 15 is 0 Å². The molecule has 28 heavy (non-hydrogen) atoms. The minimum absolute atomic E-state index is 0.0102. The van der Waals surface area contributed by atoms with Gasteiger partial charge in [-0.25, -0.2) is 0 Å². The number of hydrogen-bond donors (Lipinski definition) is 2. The van der Waals surface area contributed by atoms with Crippen molar-refractivity contribution in [2.45, 2.75) is 49.7 Å². The number of carbonyl (C=O) groups excluding carboxylic acids is 1. The molecule has 1 aliphatic heterocycles. The van der Waals surface area contributed by atoms with Crippen LogP contribution in [0.5, 0.6) is 0 Å². The zero-order chi connectivity index (χ0) is 21.0. The van der Waals surface area contributed by atoms with Crippen LogP contribution in [0.3, 0.4) is 0 Å². The van der Waals surface area contributed by atoms with E-state index in [1.54, 1.807) is 0 Å². The molecule has 0 spiro atoms. The van der Waals surface area contributed by atoms with Gasteiger partial charge >= 0.3 is 12.4 Å². The quantitative estimate of drug-likeness (QED) is 0.626. The molecule has 1 aliphatic carbocycles. The van der Waals surface area contributed by atoms with Gasteiger partial charge in [-0.2, -0.15) is 26.3 Å². The van der Waals surface area contributed by atoms with Crippen LogP contribution in [0.1, 0.15) is 25.7 Å². The Hall–Kier alpha value is -1.75. The Labute approximate surface area is 157 Å². The number of halogens is 6. The monoisotopic (exact) mass is 416 g/mol. The molecule has 160 valence electrons. The number of nitrogens with one attached hydrogen (secondary N) is 1. The zero-order valence-electron chi connectivity index (χ0n) is 14.9. The van der Waals surface area contributed by atoms with Gasteiger partial charge in [0.25, 0.3) is 0 Å². The molecule has 0 saturated carbocycles. The average Bonchev–Trinajstić information content (AvgIpc) is 2.58. The largest absolute Gasteiger partial charge is 0.484 e. The standard InChI is InChI=1S/C17H22F6N2O3/c18-16(19,20)9-27-12-4-5-15(13(7-12)14(24)26,28-10-17(21,22)23)8-11-3-1-2-6-25-11/h4-5,7,11,13,25H,1-3,6,8-10H2,(H2,24,26). The minimum Gasteiger partial charge on any atom is -0.484 e. The third-order valence-corrected chi connectivity index (χ3v) is 4.58. The van der Waals surface area contributed by atoms with Crippen LogP contribution in [0.15, 0.2) is 24.0 Å². The van der Waals surface area contributed by atoms with Crippen LogP contribution in [0.25, 0.3) is 0 Å². The Morgan fingerprint density at radius 1 is 1.18 bits per heavy atom. The number of rotatable bonds is 7. The highest BCUT2D eigenvalue weighted by Crippen LogP contribution is 2.38. The van der Waals surface area contributed by atoms with E-state index in [0.29, 0.717) is 13.0 Å². The summed E-state index contributed by atoms with van der Waals surface area (Å²) in [6.07, 6.45) is -3.59. The van der Waals surface area contributed by atoms with E-state index < -0.39 is 43.0 Å². The first-order chi connectivity index (χ1) is 12.9. The maximum absolute atomic E-state index is 12.8. The van der Waals surface area contributed by atoms with E-state index in [2.05, 4.69) is 10.1 Å². The van der Waals surface area contributed by atoms with Crippen molar-refractivity contribution in [3.63, 3.8) is 0 Å². The minimum atomic E-state index is -4.65. The van der Waals surface area contributed by atoms with Gasteiger partial charge in [0.15, 0.2) is 6.61 Å². The molecule has 2 rings (SSSR count). The fourth-order valence-corrected chi connectivity index (χ4v) is 3.36. The molecule has 1 fully saturated rings. The average molecular weight is 416 g/mol. The molecule has 3 unspecified atom stereocenters. The third-order valence-electron chi connectivity index (χ3n) is 4.58. The number of carbonyl (C=O) groups is 1. The van der Waals surface area contributed by atoms with Crippen molar-refractivity contribution >= 4 is 5.91 Å². The topological polar surface area (TPSA) is 73.6 Å². The second kappa shape index (κ2) is 8.73. The summed E-state index contributed by atoms with van der Waals surface area (Å²) in [7, 11) is 0. The number of piperidine rings is 1. The SMILES string of the molecule is NC(=O)C1C=C(OCC(F)(F)F)C=CC1(CC1CCCCN1)OCC(F)(F)F. The fourth-order valence-electron chi connectivity index (χ4n) is 3.36. The van der Waals surface area contributed by atoms with E-state index in [1.807, 2.05) is 0 Å². The highest BCUT2D eigenvalue weighted by atomic mass is 19.4. The molecule has 0 aromatic rings. The number of hydrogen-bond acceptors (Lipinski definition) is 4. The van der Waals surface area contributed by atoms with Crippen LogP contribution in [-0.4, -0.2) is 49.7 Å². The van der Waals surface area contributed by atoms with Gasteiger partial charge in [0.1, 0.15) is 18.0 Å². The van der Waals surface area contributed by atoms with Gasteiger partial charge in [0, 0.05) is 6.04 Å². The van der Waals surface area contributed by atoms with Crippen molar-refractivity contribution in [1.29, 1.82) is 0 Å². The molecule has 5 nitrogen and oxygen atoms in total. The Kier molecular flexibility index (Phi) is 7.02. The molecule has 0 radical (unpaired) electrons. The van der Waals surface area contributed by atoms with Gasteiger partial charge in [-0.15, -0.1) is 0 Å². The van der Waals surface area contributed by atoms with E-state index in [-0.39, 0.29) is 18.2 Å². The summed E-state index contributed by atoms with van der Waals surface area (Å²) in [6, 6.07) is -0.223. The van der Waals surface area contributed by atoms with Crippen molar-refractivity contribution in [3.05, 3.63) is 24.0 Å². The number of allylic oxidation sites excluding steroid dienone is 1. The number of amides is 1. The first kappa shape index (κ1) is 22.5. The smallest absolute Gasteiger partial charge is 0.422 e. The van der Waals surface area contributed by atoms with Crippen molar-refractivity contribution in [2.75, 3.05) is 19.8 Å². The van der Waals surface area contributed by atoms with Gasteiger partial charge in [-0.05, 0) is 44.0 Å². The number of nitrogens with two attached hydrogens (primary N) is 1. The summed E-state index contributed by atoms with van der Waals surface area (Å²) in [6.45, 7) is -2.56. The van der Waals surface area contributed by atoms with Gasteiger partial charge in [0.05, 0.1) is 5.92 Å². The van der Waals surface area contributed by atoms with E-state index in [0.717, 1.165) is 31.1 Å². The molecule has 11 heteroatoms. The van der Waals surface area contributed by atoms with Crippen molar-refractivity contribution in [1.82, 2.24) is 5.32 Å². The fraction of sp³-hybridized carbons (Fsp3) is 0.706. The van der Waals surface area contributed by atoms with Gasteiger partial charge in [-0.3, -0.25) is 4.79 Å². The summed E-state index contributed by atoms with van der Waals surface area (Å²) in [5.41, 5.74) is 3.62. The summed E-state index contributed by atoms with van der Waals surface area (Å²) < 4.78 is 85.1. The molecular weight excluding hydrogens is 394 g/mol. The molecule has 1 saturated heterocycles. The van der Waals surface area contributed by atoms with Crippen LogP contribution in [0, 0.1) is 5.92 Å². The van der Waals surface area contributed by atoms with Crippen LogP contribution in [0.4, 0.5) is 26.3 Å². The lowest BCUT2D eigenvalue weighted by Gasteiger charge is -2.41. The van der Waals surface area contributed by atoms with Crippen molar-refractivity contribution in [2.24, 2.45) is 11.7 Å². The highest BCUT2D eigenvalue weighted by Gasteiger charge is 2.46. The van der Waals surface area contributed by atoms with E-state index in [9.17, 15) is 31.1 Å². The summed E-state index contributed by atoms with van der Waals surface area (Å²) in [5, 5.41) is 3.16. The first-order valence-electron chi connectivity index (χ1n) is 8.74. The van der Waals surface area contributed by atoms with E-state index in [1.165, 1.54) is 0 Å². The lowest BCUT2D eigenvalue weighted by molar-refractivity contribution is -0.206. The van der Waals surface area contributed by atoms with Gasteiger partial charge in [-0.1, -0.05) is 6.42 Å². The molecule has 1 amide bonds. The summed E-state index contributed by atoms with van der Waals surface area (Å²) in [5.74, 6) is -2.73. The molecule has 1 heterocycles. The lowest BCUT2D eigenvalue weighted by Crippen LogP contribution is -2.52. The Morgan fingerprint density at radius 2 is 1.86 bits per heavy atom. The molecule has 0 bridgehead atoms. The molecular formula is C17H22F6N2O3. The second-order valence-electron chi connectivity index (χ2n) is 6.90. The molecule has 0 aromatic heterocycles. The number of alkyl halides is 6. The Balaban J connectivity index is 2.26. The number of primary amides is 1. The normalized spacial score (nSPS) is 28.7. The van der Waals surface area contributed by atoms with Gasteiger partial charge in [0.2, 0.25) is 5.91 Å². The summed E-state index contributed by atoms with van der Waals surface area (Å²) in [4.78, 5) is 12.0. The lowest BCUT2D eigenvalue weighted by atomic mass is 9.77. The predicted octanol–water partition coefficient (Wildman–Crippen LogP) is 2.97.